The zero-order chi connectivity index (χ0) is 24.2. The van der Waals surface area contributed by atoms with Crippen molar-refractivity contribution in [3.8, 4) is 11.5 Å². The second-order valence-corrected chi connectivity index (χ2v) is 6.92. The van der Waals surface area contributed by atoms with Crippen LogP contribution in [0.4, 0.5) is 14.5 Å². The molecule has 0 saturated heterocycles. The fourth-order valence-electron chi connectivity index (χ4n) is 3.36. The van der Waals surface area contributed by atoms with E-state index in [2.05, 4.69) is 10.3 Å². The summed E-state index contributed by atoms with van der Waals surface area (Å²) in [6.45, 7) is -3.41. The van der Waals surface area contributed by atoms with Crippen LogP contribution in [-0.2, 0) is 11.3 Å². The molecule has 0 saturated carbocycles. The lowest BCUT2D eigenvalue weighted by atomic mass is 10.1. The van der Waals surface area contributed by atoms with Gasteiger partial charge in [0.1, 0.15) is 6.61 Å². The largest absolute Gasteiger partial charge is 0.493 e. The minimum absolute atomic E-state index is 0.0137. The molecule has 0 fully saturated rings. The van der Waals surface area contributed by atoms with Gasteiger partial charge in [-0.3, -0.25) is 9.36 Å². The van der Waals surface area contributed by atoms with E-state index < -0.39 is 25.0 Å². The molecule has 0 unspecified atom stereocenters. The van der Waals surface area contributed by atoms with Gasteiger partial charge in [0, 0.05) is 12.1 Å². The number of fused-ring (bicyclic) bond motifs is 1. The summed E-state index contributed by atoms with van der Waals surface area (Å²) in [4.78, 5) is 29.6. The number of carbonyl (C=O) groups excluding carboxylic acids is 2. The van der Waals surface area contributed by atoms with E-state index >= 15 is 0 Å². The predicted molar refractivity (Wildman–Crippen MR) is 116 cm³/mol. The van der Waals surface area contributed by atoms with Crippen LogP contribution in [0.1, 0.15) is 33.3 Å². The number of imidazole rings is 1. The normalized spacial score (nSPS) is 11.0. The number of anilines is 1. The smallest absolute Gasteiger partial charge is 0.340 e. The van der Waals surface area contributed by atoms with Crippen LogP contribution < -0.4 is 14.8 Å². The Morgan fingerprint density at radius 1 is 1.09 bits per heavy atom. The number of carbonyl (C=O) groups is 2. The molecule has 4 aromatic rings. The lowest BCUT2D eigenvalue weighted by Crippen LogP contribution is -2.16. The summed E-state index contributed by atoms with van der Waals surface area (Å²) in [6.07, 6.45) is 1.33. The number of benzene rings is 2. The second-order valence-electron chi connectivity index (χ2n) is 6.92. The number of nitrogens with one attached hydrogen (secondary N) is 1. The van der Waals surface area contributed by atoms with Crippen molar-refractivity contribution in [2.75, 3.05) is 19.5 Å². The first-order chi connectivity index (χ1) is 16.4. The molecule has 0 spiro atoms. The van der Waals surface area contributed by atoms with Crippen LogP contribution in [0.2, 0.25) is 0 Å². The van der Waals surface area contributed by atoms with Gasteiger partial charge in [-0.15, -0.1) is 0 Å². The Hall–Kier alpha value is -4.41. The number of nitrogens with zero attached hydrogens (tertiary/aromatic N) is 2. The van der Waals surface area contributed by atoms with Gasteiger partial charge in [-0.25, -0.2) is 9.78 Å². The number of halogens is 2. The number of para-hydroxylation sites is 2. The molecule has 0 atom stereocenters. The second kappa shape index (κ2) is 9.61. The summed E-state index contributed by atoms with van der Waals surface area (Å²) >= 11 is 0. The maximum atomic E-state index is 13.7. The molecule has 34 heavy (non-hydrogen) atoms. The third kappa shape index (κ3) is 4.40. The van der Waals surface area contributed by atoms with Crippen LogP contribution in [0.5, 0.6) is 11.5 Å². The van der Waals surface area contributed by atoms with Crippen LogP contribution >= 0.6 is 0 Å². The summed E-state index contributed by atoms with van der Waals surface area (Å²) in [6, 6.07) is 12.0. The van der Waals surface area contributed by atoms with Crippen LogP contribution in [0, 0.1) is 0 Å². The van der Waals surface area contributed by atoms with Gasteiger partial charge in [-0.2, -0.15) is 8.78 Å². The molecule has 1 amide bonds. The number of alkyl halides is 2. The van der Waals surface area contributed by atoms with Crippen molar-refractivity contribution in [2.24, 2.45) is 0 Å². The fourth-order valence-corrected chi connectivity index (χ4v) is 3.36. The monoisotopic (exact) mass is 471 g/mol. The first kappa shape index (κ1) is 22.8. The Labute approximate surface area is 191 Å². The Morgan fingerprint density at radius 3 is 2.50 bits per heavy atom. The highest BCUT2D eigenvalue weighted by molar-refractivity contribution is 6.07. The minimum Gasteiger partial charge on any atom is -0.493 e. The predicted octanol–water partition coefficient (Wildman–Crippen LogP) is 4.65. The number of methoxy groups -OCH3 is 2. The number of hydrogen-bond donors (Lipinski definition) is 1. The molecule has 176 valence electrons. The highest BCUT2D eigenvalue weighted by atomic mass is 19.3. The molecule has 2 heterocycles. The van der Waals surface area contributed by atoms with Gasteiger partial charge in [0.25, 0.3) is 5.91 Å². The third-order valence-electron chi connectivity index (χ3n) is 4.93. The van der Waals surface area contributed by atoms with Crippen molar-refractivity contribution in [1.29, 1.82) is 0 Å². The average Bonchev–Trinajstić information content (AvgIpc) is 3.50. The van der Waals surface area contributed by atoms with Gasteiger partial charge in [0.2, 0.25) is 0 Å². The van der Waals surface area contributed by atoms with Crippen molar-refractivity contribution < 1.29 is 37.0 Å². The van der Waals surface area contributed by atoms with Crippen LogP contribution in [-0.4, -0.2) is 35.6 Å². The van der Waals surface area contributed by atoms with Gasteiger partial charge in [-0.1, -0.05) is 12.1 Å². The Balaban J connectivity index is 1.64. The highest BCUT2D eigenvalue weighted by Gasteiger charge is 2.23. The molecule has 2 aromatic carbocycles. The number of amides is 1. The Morgan fingerprint density at radius 2 is 1.82 bits per heavy atom. The molecule has 0 aliphatic rings. The fraction of sp³-hybridized carbons (Fsp3) is 0.174. The van der Waals surface area contributed by atoms with E-state index in [-0.39, 0.29) is 39.9 Å². The highest BCUT2D eigenvalue weighted by Crippen LogP contribution is 2.34. The molecular weight excluding hydrogens is 452 g/mol. The SMILES string of the molecule is COc1cc(NC(=O)c2ccco2)c(C(=O)OCc2nc3ccccc3n2C(F)F)cc1OC. The van der Waals surface area contributed by atoms with Crippen molar-refractivity contribution in [3.05, 3.63) is 71.9 Å². The lowest BCUT2D eigenvalue weighted by molar-refractivity contribution is 0.0388. The third-order valence-corrected chi connectivity index (χ3v) is 4.93. The van der Waals surface area contributed by atoms with Crippen molar-refractivity contribution in [3.63, 3.8) is 0 Å². The number of ether oxygens (including phenoxy) is 3. The molecule has 2 aromatic heterocycles. The van der Waals surface area contributed by atoms with E-state index in [1.54, 1.807) is 18.2 Å². The standard InChI is InChI=1S/C23H19F2N3O6/c1-31-18-10-13(15(11-19(18)32-2)27-21(29)17-8-5-9-33-17)22(30)34-12-20-26-14-6-3-4-7-16(14)28(20)23(24)25/h3-11,23H,12H2,1-2H3,(H,27,29). The number of aromatic nitrogens is 2. The molecule has 1 N–H and O–H groups in total. The van der Waals surface area contributed by atoms with Crippen molar-refractivity contribution in [1.82, 2.24) is 9.55 Å². The van der Waals surface area contributed by atoms with Gasteiger partial charge in [0.15, 0.2) is 23.1 Å². The van der Waals surface area contributed by atoms with Gasteiger partial charge < -0.3 is 23.9 Å². The quantitative estimate of drug-likeness (QED) is 0.373. The molecule has 0 radical (unpaired) electrons. The molecule has 11 heteroatoms. The average molecular weight is 471 g/mol. The number of hydrogen-bond acceptors (Lipinski definition) is 7. The van der Waals surface area contributed by atoms with Crippen molar-refractivity contribution >= 4 is 28.6 Å². The van der Waals surface area contributed by atoms with Crippen LogP contribution in [0.3, 0.4) is 0 Å². The summed E-state index contributed by atoms with van der Waals surface area (Å²) in [5, 5.41) is 2.56. The van der Waals surface area contributed by atoms with E-state index in [0.29, 0.717) is 10.1 Å². The first-order valence-electron chi connectivity index (χ1n) is 9.95. The summed E-state index contributed by atoms with van der Waals surface area (Å²) in [5.74, 6) is -1.20. The molecular formula is C23H19F2N3O6. The minimum atomic E-state index is -2.88. The molecule has 0 aliphatic heterocycles. The Kier molecular flexibility index (Phi) is 6.44. The maximum Gasteiger partial charge on any atom is 0.340 e. The number of furan rings is 1. The van der Waals surface area contributed by atoms with Crippen LogP contribution in [0.15, 0.2) is 59.2 Å². The maximum absolute atomic E-state index is 13.7. The van der Waals surface area contributed by atoms with Gasteiger partial charge in [-0.05, 0) is 24.3 Å². The van der Waals surface area contributed by atoms with Gasteiger partial charge >= 0.3 is 12.5 Å². The van der Waals surface area contributed by atoms with Crippen molar-refractivity contribution in [2.45, 2.75) is 13.2 Å². The molecule has 4 rings (SSSR count). The van der Waals surface area contributed by atoms with E-state index in [4.69, 9.17) is 18.6 Å². The topological polar surface area (TPSA) is 105 Å². The Bertz CT molecular complexity index is 1330. The molecule has 0 aliphatic carbocycles. The summed E-state index contributed by atoms with van der Waals surface area (Å²) in [7, 11) is 2.77. The van der Waals surface area contributed by atoms with E-state index in [0.717, 1.165) is 0 Å². The van der Waals surface area contributed by atoms with E-state index in [9.17, 15) is 18.4 Å². The van der Waals surface area contributed by atoms with Gasteiger partial charge in [0.05, 0.1) is 42.8 Å². The number of esters is 1. The summed E-state index contributed by atoms with van der Waals surface area (Å²) in [5.41, 5.74) is 0.510. The van der Waals surface area contributed by atoms with E-state index in [1.165, 1.54) is 50.8 Å². The van der Waals surface area contributed by atoms with Crippen LogP contribution in [0.25, 0.3) is 11.0 Å². The zero-order valence-electron chi connectivity index (χ0n) is 18.1. The van der Waals surface area contributed by atoms with E-state index in [1.807, 2.05) is 0 Å². The zero-order valence-corrected chi connectivity index (χ0v) is 18.1. The summed E-state index contributed by atoms with van der Waals surface area (Å²) < 4.78 is 48.8. The lowest BCUT2D eigenvalue weighted by Gasteiger charge is -2.15. The first-order valence-corrected chi connectivity index (χ1v) is 9.95. The number of rotatable bonds is 8. The molecule has 0 bridgehead atoms. The molecule has 9 nitrogen and oxygen atoms in total.